The van der Waals surface area contributed by atoms with Crippen LogP contribution in [0.5, 0.6) is 0 Å². The van der Waals surface area contributed by atoms with Crippen molar-refractivity contribution in [1.82, 2.24) is 10.6 Å². The van der Waals surface area contributed by atoms with E-state index in [0.717, 1.165) is 25.9 Å². The maximum atomic E-state index is 12.1. The van der Waals surface area contributed by atoms with Gasteiger partial charge in [-0.25, -0.2) is 0 Å². The molecule has 0 aliphatic carbocycles. The summed E-state index contributed by atoms with van der Waals surface area (Å²) in [6.07, 6.45) is 1.64. The quantitative estimate of drug-likeness (QED) is 0.653. The number of hydrogen-bond donors (Lipinski definition) is 2. The summed E-state index contributed by atoms with van der Waals surface area (Å²) in [6.45, 7) is 1.67. The highest BCUT2D eigenvalue weighted by Crippen LogP contribution is 2.23. The van der Waals surface area contributed by atoms with Crippen molar-refractivity contribution in [2.45, 2.75) is 18.9 Å². The zero-order valence-electron chi connectivity index (χ0n) is 10.2. The number of benzene rings is 1. The van der Waals surface area contributed by atoms with E-state index in [1.54, 1.807) is 0 Å². The van der Waals surface area contributed by atoms with E-state index in [1.807, 2.05) is 0 Å². The number of hydrogen-bond acceptors (Lipinski definition) is 4. The van der Waals surface area contributed by atoms with Crippen molar-refractivity contribution in [2.24, 2.45) is 0 Å². The first kappa shape index (κ1) is 13.8. The molecule has 1 aromatic carbocycles. The fraction of sp³-hybridized carbons (Fsp3) is 0.417. The minimum absolute atomic E-state index is 0.0102. The van der Waals surface area contributed by atoms with Crippen molar-refractivity contribution in [3.05, 3.63) is 38.9 Å². The third kappa shape index (κ3) is 3.42. The number of carbonyl (C=O) groups excluding carboxylic acids is 1. The number of nitro groups is 1. The van der Waals surface area contributed by atoms with Crippen molar-refractivity contribution in [3.63, 3.8) is 0 Å². The van der Waals surface area contributed by atoms with Crippen LogP contribution in [0.1, 0.15) is 23.2 Å². The molecule has 2 N–H and O–H groups in total. The Hall–Kier alpha value is -1.66. The van der Waals surface area contributed by atoms with E-state index in [9.17, 15) is 14.9 Å². The largest absolute Gasteiger partial charge is 0.349 e. The van der Waals surface area contributed by atoms with Crippen LogP contribution >= 0.6 is 11.6 Å². The van der Waals surface area contributed by atoms with E-state index in [2.05, 4.69) is 10.6 Å². The molecule has 1 fully saturated rings. The Labute approximate surface area is 115 Å². The van der Waals surface area contributed by atoms with Gasteiger partial charge in [0.2, 0.25) is 0 Å². The van der Waals surface area contributed by atoms with Gasteiger partial charge in [-0.3, -0.25) is 14.9 Å². The molecule has 19 heavy (non-hydrogen) atoms. The van der Waals surface area contributed by atoms with Crippen LogP contribution in [0.4, 0.5) is 5.69 Å². The summed E-state index contributed by atoms with van der Waals surface area (Å²) in [4.78, 5) is 22.4. The first-order valence-corrected chi connectivity index (χ1v) is 6.41. The minimum Gasteiger partial charge on any atom is -0.349 e. The number of rotatable bonds is 3. The summed E-state index contributed by atoms with van der Waals surface area (Å²) < 4.78 is 0. The summed E-state index contributed by atoms with van der Waals surface area (Å²) in [7, 11) is 0. The molecule has 6 nitrogen and oxygen atoms in total. The topological polar surface area (TPSA) is 84.3 Å². The van der Waals surface area contributed by atoms with Crippen molar-refractivity contribution in [3.8, 4) is 0 Å². The highest BCUT2D eigenvalue weighted by Gasteiger charge is 2.23. The van der Waals surface area contributed by atoms with E-state index in [0.29, 0.717) is 5.02 Å². The highest BCUT2D eigenvalue weighted by molar-refractivity contribution is 6.31. The predicted molar refractivity (Wildman–Crippen MR) is 71.5 cm³/mol. The lowest BCUT2D eigenvalue weighted by Crippen LogP contribution is -2.42. The average Bonchev–Trinajstić information content (AvgIpc) is 2.39. The van der Waals surface area contributed by atoms with Gasteiger partial charge in [0.15, 0.2) is 0 Å². The van der Waals surface area contributed by atoms with Gasteiger partial charge in [-0.15, -0.1) is 0 Å². The van der Waals surface area contributed by atoms with E-state index in [-0.39, 0.29) is 17.3 Å². The molecule has 1 aromatic rings. The third-order valence-corrected chi connectivity index (χ3v) is 3.31. The van der Waals surface area contributed by atoms with Gasteiger partial charge in [-0.05, 0) is 38.1 Å². The molecule has 0 spiro atoms. The van der Waals surface area contributed by atoms with Crippen molar-refractivity contribution in [2.75, 3.05) is 13.1 Å². The van der Waals surface area contributed by atoms with Crippen molar-refractivity contribution < 1.29 is 9.72 Å². The molecule has 1 aliphatic heterocycles. The smallest absolute Gasteiger partial charge is 0.282 e. The van der Waals surface area contributed by atoms with E-state index < -0.39 is 10.8 Å². The molecular weight excluding hydrogens is 270 g/mol. The van der Waals surface area contributed by atoms with Gasteiger partial charge >= 0.3 is 0 Å². The molecule has 0 bridgehead atoms. The molecule has 0 atom stereocenters. The normalized spacial score (nSPS) is 16.1. The Balaban J connectivity index is 2.17. The first-order chi connectivity index (χ1) is 9.08. The Kier molecular flexibility index (Phi) is 4.34. The van der Waals surface area contributed by atoms with Gasteiger partial charge in [-0.2, -0.15) is 0 Å². The standard InChI is InChI=1S/C12H14ClN3O3/c13-8-1-2-11(16(18)19)10(7-8)12(17)15-9-3-5-14-6-4-9/h1-2,7,9,14H,3-6H2,(H,15,17). The monoisotopic (exact) mass is 283 g/mol. The molecule has 1 amide bonds. The Morgan fingerprint density at radius 3 is 2.74 bits per heavy atom. The maximum absolute atomic E-state index is 12.1. The highest BCUT2D eigenvalue weighted by atomic mass is 35.5. The van der Waals surface area contributed by atoms with E-state index >= 15 is 0 Å². The number of halogens is 1. The lowest BCUT2D eigenvalue weighted by molar-refractivity contribution is -0.385. The SMILES string of the molecule is O=C(NC1CCNCC1)c1cc(Cl)ccc1[N+](=O)[O-]. The summed E-state index contributed by atoms with van der Waals surface area (Å²) in [6, 6.07) is 4.03. The van der Waals surface area contributed by atoms with Crippen LogP contribution in [-0.4, -0.2) is 30.0 Å². The van der Waals surface area contributed by atoms with Crippen LogP contribution in [0.2, 0.25) is 5.02 Å². The van der Waals surface area contributed by atoms with Crippen LogP contribution in [0, 0.1) is 10.1 Å². The predicted octanol–water partition coefficient (Wildman–Crippen LogP) is 1.73. The van der Waals surface area contributed by atoms with Gasteiger partial charge in [0.25, 0.3) is 11.6 Å². The number of piperidine rings is 1. The molecule has 0 unspecified atom stereocenters. The molecule has 1 aliphatic rings. The number of amides is 1. The molecule has 0 aromatic heterocycles. The number of nitrogens with zero attached hydrogens (tertiary/aromatic N) is 1. The van der Waals surface area contributed by atoms with Gasteiger partial charge < -0.3 is 10.6 Å². The van der Waals surface area contributed by atoms with Crippen LogP contribution in [-0.2, 0) is 0 Å². The van der Waals surface area contributed by atoms with Crippen LogP contribution < -0.4 is 10.6 Å². The minimum atomic E-state index is -0.576. The van der Waals surface area contributed by atoms with Crippen LogP contribution in [0.25, 0.3) is 0 Å². The summed E-state index contributed by atoms with van der Waals surface area (Å²) in [5.74, 6) is -0.443. The van der Waals surface area contributed by atoms with Gasteiger partial charge in [-0.1, -0.05) is 11.6 Å². The summed E-state index contributed by atoms with van der Waals surface area (Å²) in [5, 5.41) is 17.2. The zero-order chi connectivity index (χ0) is 13.8. The summed E-state index contributed by atoms with van der Waals surface area (Å²) in [5.41, 5.74) is -0.216. The average molecular weight is 284 g/mol. The van der Waals surface area contributed by atoms with Crippen molar-refractivity contribution >= 4 is 23.2 Å². The Bertz CT molecular complexity index is 501. The molecule has 2 rings (SSSR count). The lowest BCUT2D eigenvalue weighted by atomic mass is 10.1. The number of nitro benzene ring substituents is 1. The van der Waals surface area contributed by atoms with E-state index in [1.165, 1.54) is 18.2 Å². The van der Waals surface area contributed by atoms with Gasteiger partial charge in [0.05, 0.1) is 4.92 Å². The van der Waals surface area contributed by atoms with Crippen molar-refractivity contribution in [1.29, 1.82) is 0 Å². The fourth-order valence-corrected chi connectivity index (χ4v) is 2.25. The molecule has 1 heterocycles. The molecule has 0 saturated carbocycles. The number of carbonyl (C=O) groups is 1. The Morgan fingerprint density at radius 1 is 1.42 bits per heavy atom. The lowest BCUT2D eigenvalue weighted by Gasteiger charge is -2.23. The second-order valence-corrected chi connectivity index (χ2v) is 4.85. The molecule has 7 heteroatoms. The molecule has 102 valence electrons. The van der Waals surface area contributed by atoms with Crippen LogP contribution in [0.3, 0.4) is 0 Å². The van der Waals surface area contributed by atoms with Gasteiger partial charge in [0.1, 0.15) is 5.56 Å². The fourth-order valence-electron chi connectivity index (χ4n) is 2.08. The second kappa shape index (κ2) is 5.99. The molecule has 1 saturated heterocycles. The van der Waals surface area contributed by atoms with Gasteiger partial charge in [0, 0.05) is 17.1 Å². The second-order valence-electron chi connectivity index (χ2n) is 4.42. The summed E-state index contributed by atoms with van der Waals surface area (Å²) >= 11 is 5.80. The maximum Gasteiger partial charge on any atom is 0.282 e. The molecule has 0 radical (unpaired) electrons. The Morgan fingerprint density at radius 2 is 2.11 bits per heavy atom. The van der Waals surface area contributed by atoms with E-state index in [4.69, 9.17) is 11.6 Å². The number of nitrogens with one attached hydrogen (secondary N) is 2. The third-order valence-electron chi connectivity index (χ3n) is 3.07. The van der Waals surface area contributed by atoms with Crippen LogP contribution in [0.15, 0.2) is 18.2 Å². The first-order valence-electron chi connectivity index (χ1n) is 6.03. The molecular formula is C12H14ClN3O3. The zero-order valence-corrected chi connectivity index (χ0v) is 10.9.